The van der Waals surface area contributed by atoms with Gasteiger partial charge in [0.15, 0.2) is 0 Å². The van der Waals surface area contributed by atoms with Crippen molar-refractivity contribution in [3.63, 3.8) is 0 Å². The van der Waals surface area contributed by atoms with Crippen LogP contribution >= 0.6 is 31.9 Å². The molecule has 0 aliphatic heterocycles. The summed E-state index contributed by atoms with van der Waals surface area (Å²) in [6.07, 6.45) is 2.38. The minimum absolute atomic E-state index is 0.0231. The standard InChI is InChI=1S/C12H12Br2N2O/c13-9-4-8(5-10(14)6-9)12(16-15)7-11-2-1-3-17-11/h1-6,12,16H,7,15H2. The molecule has 1 heterocycles. The molecule has 1 unspecified atom stereocenters. The van der Waals surface area contributed by atoms with Gasteiger partial charge in [0.1, 0.15) is 5.76 Å². The molecular formula is C12H12Br2N2O. The lowest BCUT2D eigenvalue weighted by Crippen LogP contribution is -2.29. The highest BCUT2D eigenvalue weighted by Gasteiger charge is 2.13. The molecule has 0 saturated carbocycles. The Kier molecular flexibility index (Phi) is 4.39. The second kappa shape index (κ2) is 5.82. The van der Waals surface area contributed by atoms with Gasteiger partial charge in [0.05, 0.1) is 12.3 Å². The molecule has 0 aliphatic rings. The van der Waals surface area contributed by atoms with Crippen LogP contribution in [0, 0.1) is 0 Å². The average molecular weight is 360 g/mol. The molecule has 17 heavy (non-hydrogen) atoms. The summed E-state index contributed by atoms with van der Waals surface area (Å²) in [5.74, 6) is 6.51. The number of hydrazine groups is 1. The quantitative estimate of drug-likeness (QED) is 0.648. The van der Waals surface area contributed by atoms with Crippen LogP contribution in [0.3, 0.4) is 0 Å². The van der Waals surface area contributed by atoms with E-state index in [4.69, 9.17) is 10.3 Å². The van der Waals surface area contributed by atoms with Gasteiger partial charge in [-0.05, 0) is 35.9 Å². The molecule has 5 heteroatoms. The van der Waals surface area contributed by atoms with Gasteiger partial charge in [0.2, 0.25) is 0 Å². The van der Waals surface area contributed by atoms with Crippen molar-refractivity contribution in [3.05, 3.63) is 56.9 Å². The lowest BCUT2D eigenvalue weighted by atomic mass is 10.0. The van der Waals surface area contributed by atoms with Crippen LogP contribution in [0.1, 0.15) is 17.4 Å². The molecule has 90 valence electrons. The van der Waals surface area contributed by atoms with Crippen molar-refractivity contribution in [2.45, 2.75) is 12.5 Å². The molecular weight excluding hydrogens is 348 g/mol. The number of nitrogens with two attached hydrogens (primary N) is 1. The van der Waals surface area contributed by atoms with E-state index in [-0.39, 0.29) is 6.04 Å². The minimum Gasteiger partial charge on any atom is -0.469 e. The lowest BCUT2D eigenvalue weighted by Gasteiger charge is -2.15. The number of hydrogen-bond donors (Lipinski definition) is 2. The molecule has 3 nitrogen and oxygen atoms in total. The molecule has 2 aromatic rings. The largest absolute Gasteiger partial charge is 0.469 e. The molecule has 0 saturated heterocycles. The van der Waals surface area contributed by atoms with Crippen LogP contribution in [-0.2, 0) is 6.42 Å². The Bertz CT molecular complexity index is 465. The van der Waals surface area contributed by atoms with Gasteiger partial charge in [-0.2, -0.15) is 0 Å². The molecule has 0 amide bonds. The summed E-state index contributed by atoms with van der Waals surface area (Å²) in [5.41, 5.74) is 3.91. The molecule has 3 N–H and O–H groups in total. The fourth-order valence-corrected chi connectivity index (χ4v) is 3.01. The maximum atomic E-state index is 5.60. The summed E-state index contributed by atoms with van der Waals surface area (Å²) in [7, 11) is 0. The van der Waals surface area contributed by atoms with Gasteiger partial charge in [0, 0.05) is 15.4 Å². The summed E-state index contributed by atoms with van der Waals surface area (Å²) < 4.78 is 7.36. The summed E-state index contributed by atoms with van der Waals surface area (Å²) in [4.78, 5) is 0. The van der Waals surface area contributed by atoms with Gasteiger partial charge < -0.3 is 4.42 Å². The van der Waals surface area contributed by atoms with Crippen LogP contribution in [0.4, 0.5) is 0 Å². The van der Waals surface area contributed by atoms with E-state index in [1.54, 1.807) is 6.26 Å². The zero-order chi connectivity index (χ0) is 12.3. The second-order valence-electron chi connectivity index (χ2n) is 3.71. The Labute approximate surface area is 117 Å². The van der Waals surface area contributed by atoms with Crippen molar-refractivity contribution < 1.29 is 4.42 Å². The Hall–Kier alpha value is -0.620. The van der Waals surface area contributed by atoms with E-state index >= 15 is 0 Å². The van der Waals surface area contributed by atoms with E-state index in [2.05, 4.69) is 37.3 Å². The van der Waals surface area contributed by atoms with Gasteiger partial charge in [0.25, 0.3) is 0 Å². The van der Waals surface area contributed by atoms with Crippen molar-refractivity contribution in [2.24, 2.45) is 5.84 Å². The van der Waals surface area contributed by atoms with Crippen molar-refractivity contribution in [3.8, 4) is 0 Å². The molecule has 0 spiro atoms. The summed E-state index contributed by atoms with van der Waals surface area (Å²) in [6.45, 7) is 0. The molecule has 1 aromatic carbocycles. The Morgan fingerprint density at radius 3 is 2.47 bits per heavy atom. The van der Waals surface area contributed by atoms with Crippen LogP contribution in [0.5, 0.6) is 0 Å². The Balaban J connectivity index is 2.22. The molecule has 1 aromatic heterocycles. The Morgan fingerprint density at radius 1 is 1.24 bits per heavy atom. The molecule has 0 aliphatic carbocycles. The topological polar surface area (TPSA) is 51.2 Å². The maximum absolute atomic E-state index is 5.60. The van der Waals surface area contributed by atoms with E-state index in [1.165, 1.54) is 0 Å². The summed E-state index contributed by atoms with van der Waals surface area (Å²) in [5, 5.41) is 0. The van der Waals surface area contributed by atoms with Crippen LogP contribution < -0.4 is 11.3 Å². The van der Waals surface area contributed by atoms with E-state index in [1.807, 2.05) is 30.3 Å². The van der Waals surface area contributed by atoms with Gasteiger partial charge in [-0.1, -0.05) is 31.9 Å². The first-order valence-electron chi connectivity index (χ1n) is 5.13. The predicted octanol–water partition coefficient (Wildman–Crippen LogP) is 3.55. The first-order valence-corrected chi connectivity index (χ1v) is 6.72. The summed E-state index contributed by atoms with van der Waals surface area (Å²) in [6, 6.07) is 9.91. The highest BCUT2D eigenvalue weighted by atomic mass is 79.9. The first kappa shape index (κ1) is 12.8. The minimum atomic E-state index is 0.0231. The summed E-state index contributed by atoms with van der Waals surface area (Å²) >= 11 is 6.93. The number of furan rings is 1. The highest BCUT2D eigenvalue weighted by Crippen LogP contribution is 2.26. The number of benzene rings is 1. The van der Waals surface area contributed by atoms with Crippen molar-refractivity contribution in [1.29, 1.82) is 0 Å². The number of halogens is 2. The molecule has 0 bridgehead atoms. The number of rotatable bonds is 4. The normalized spacial score (nSPS) is 12.6. The third-order valence-electron chi connectivity index (χ3n) is 2.47. The smallest absolute Gasteiger partial charge is 0.105 e. The van der Waals surface area contributed by atoms with Crippen LogP contribution in [0.15, 0.2) is 50.0 Å². The fraction of sp³-hybridized carbons (Fsp3) is 0.167. The molecule has 0 radical (unpaired) electrons. The van der Waals surface area contributed by atoms with Crippen molar-refractivity contribution in [2.75, 3.05) is 0 Å². The van der Waals surface area contributed by atoms with E-state index < -0.39 is 0 Å². The van der Waals surface area contributed by atoms with E-state index in [0.717, 1.165) is 20.3 Å². The second-order valence-corrected chi connectivity index (χ2v) is 5.54. The lowest BCUT2D eigenvalue weighted by molar-refractivity contribution is 0.454. The monoisotopic (exact) mass is 358 g/mol. The van der Waals surface area contributed by atoms with Crippen molar-refractivity contribution in [1.82, 2.24) is 5.43 Å². The fourth-order valence-electron chi connectivity index (χ4n) is 1.68. The SMILES string of the molecule is NNC(Cc1ccco1)c1cc(Br)cc(Br)c1. The average Bonchev–Trinajstić information content (AvgIpc) is 2.77. The van der Waals surface area contributed by atoms with Crippen LogP contribution in [0.2, 0.25) is 0 Å². The van der Waals surface area contributed by atoms with E-state index in [0.29, 0.717) is 6.42 Å². The number of hydrogen-bond acceptors (Lipinski definition) is 3. The highest BCUT2D eigenvalue weighted by molar-refractivity contribution is 9.11. The maximum Gasteiger partial charge on any atom is 0.105 e. The van der Waals surface area contributed by atoms with Crippen LogP contribution in [-0.4, -0.2) is 0 Å². The first-order chi connectivity index (χ1) is 8.19. The predicted molar refractivity (Wildman–Crippen MR) is 74.3 cm³/mol. The van der Waals surface area contributed by atoms with Crippen LogP contribution in [0.25, 0.3) is 0 Å². The number of nitrogens with one attached hydrogen (secondary N) is 1. The third kappa shape index (κ3) is 3.42. The zero-order valence-electron chi connectivity index (χ0n) is 8.99. The zero-order valence-corrected chi connectivity index (χ0v) is 12.2. The molecule has 1 atom stereocenters. The van der Waals surface area contributed by atoms with E-state index in [9.17, 15) is 0 Å². The van der Waals surface area contributed by atoms with Gasteiger partial charge in [-0.15, -0.1) is 0 Å². The Morgan fingerprint density at radius 2 is 1.94 bits per heavy atom. The van der Waals surface area contributed by atoms with Gasteiger partial charge in [-0.25, -0.2) is 0 Å². The third-order valence-corrected chi connectivity index (χ3v) is 3.39. The van der Waals surface area contributed by atoms with Gasteiger partial charge in [-0.3, -0.25) is 11.3 Å². The van der Waals surface area contributed by atoms with Gasteiger partial charge >= 0.3 is 0 Å². The molecule has 2 rings (SSSR count). The van der Waals surface area contributed by atoms with Crippen molar-refractivity contribution >= 4 is 31.9 Å². The molecule has 0 fully saturated rings.